The molecule has 3 heterocycles. The molecule has 0 aliphatic carbocycles. The van der Waals surface area contributed by atoms with E-state index >= 15 is 0 Å². The van der Waals surface area contributed by atoms with Crippen LogP contribution in [0, 0.1) is 0 Å². The number of hydrogen-bond donors (Lipinski definition) is 1. The summed E-state index contributed by atoms with van der Waals surface area (Å²) in [6, 6.07) is 1.04. The summed E-state index contributed by atoms with van der Waals surface area (Å²) in [6.45, 7) is 3.01. The Balaban J connectivity index is 1.72. The number of sulfonamides is 1. The van der Waals surface area contributed by atoms with Crippen LogP contribution < -0.4 is 5.73 Å². The Morgan fingerprint density at radius 2 is 2.20 bits per heavy atom. The number of hydrogen-bond acceptors (Lipinski definition) is 6. The van der Waals surface area contributed by atoms with Crippen molar-refractivity contribution in [1.29, 1.82) is 0 Å². The molecule has 8 nitrogen and oxygen atoms in total. The summed E-state index contributed by atoms with van der Waals surface area (Å²) in [5.41, 5.74) is 5.76. The third kappa shape index (κ3) is 3.47. The van der Waals surface area contributed by atoms with E-state index in [0.29, 0.717) is 24.0 Å². The Kier molecular flexibility index (Phi) is 5.21. The minimum absolute atomic E-state index is 0.00787. The fourth-order valence-electron chi connectivity index (χ4n) is 3.30. The van der Waals surface area contributed by atoms with Gasteiger partial charge in [0.2, 0.25) is 10.0 Å². The first-order chi connectivity index (χ1) is 11.8. The fraction of sp³-hybridized carbons (Fsp3) is 0.600. The highest BCUT2D eigenvalue weighted by Crippen LogP contribution is 2.36. The lowest BCUT2D eigenvalue weighted by Crippen LogP contribution is -2.50. The average Bonchev–Trinajstić information content (AvgIpc) is 3.18. The van der Waals surface area contributed by atoms with Crippen LogP contribution in [0.4, 0.5) is 10.6 Å². The van der Waals surface area contributed by atoms with Crippen LogP contribution in [0.5, 0.6) is 0 Å². The van der Waals surface area contributed by atoms with Gasteiger partial charge in [0.1, 0.15) is 10.7 Å². The molecule has 2 aliphatic rings. The zero-order valence-electron chi connectivity index (χ0n) is 13.9. The molecule has 2 fully saturated rings. The van der Waals surface area contributed by atoms with E-state index in [0.717, 1.165) is 12.8 Å². The molecule has 0 spiro atoms. The number of rotatable bonds is 5. The monoisotopic (exact) mass is 432 g/mol. The quantitative estimate of drug-likeness (QED) is 0.710. The van der Waals surface area contributed by atoms with Gasteiger partial charge in [-0.3, -0.25) is 0 Å². The number of nitrogen functional groups attached to an aromatic ring is 1. The van der Waals surface area contributed by atoms with E-state index in [9.17, 15) is 13.2 Å². The predicted octanol–water partition coefficient (Wildman–Crippen LogP) is 1.81. The number of carbonyl (C=O) groups is 1. The minimum atomic E-state index is -3.76. The summed E-state index contributed by atoms with van der Waals surface area (Å²) < 4.78 is 33.1. The highest BCUT2D eigenvalue weighted by molar-refractivity contribution is 9.10. The highest BCUT2D eigenvalue weighted by Gasteiger charge is 2.50. The van der Waals surface area contributed by atoms with Crippen LogP contribution in [-0.4, -0.2) is 60.5 Å². The van der Waals surface area contributed by atoms with Gasteiger partial charge in [-0.15, -0.1) is 0 Å². The maximum atomic E-state index is 12.9. The van der Waals surface area contributed by atoms with E-state index in [4.69, 9.17) is 10.5 Å². The van der Waals surface area contributed by atoms with Crippen molar-refractivity contribution in [3.05, 3.63) is 16.7 Å². The Labute approximate surface area is 155 Å². The number of aromatic nitrogens is 1. The second kappa shape index (κ2) is 7.08. The number of anilines is 1. The molecule has 25 heavy (non-hydrogen) atoms. The molecule has 2 N–H and O–H groups in total. The van der Waals surface area contributed by atoms with Gasteiger partial charge in [0.15, 0.2) is 0 Å². The molecular weight excluding hydrogens is 412 g/mol. The number of likely N-dealkylation sites (tertiary alicyclic amines) is 1. The zero-order valence-corrected chi connectivity index (χ0v) is 16.3. The lowest BCUT2D eigenvalue weighted by molar-refractivity contribution is 0.0852. The van der Waals surface area contributed by atoms with Crippen LogP contribution in [-0.2, 0) is 14.8 Å². The summed E-state index contributed by atoms with van der Waals surface area (Å²) in [5.74, 6) is -0.0261. The molecule has 1 aromatic rings. The molecule has 3 rings (SSSR count). The summed E-state index contributed by atoms with van der Waals surface area (Å²) in [5, 5.41) is 0. The van der Waals surface area contributed by atoms with Crippen molar-refractivity contribution in [1.82, 2.24) is 14.2 Å². The van der Waals surface area contributed by atoms with Crippen LogP contribution in [0.1, 0.15) is 26.2 Å². The van der Waals surface area contributed by atoms with Gasteiger partial charge in [-0.1, -0.05) is 13.3 Å². The van der Waals surface area contributed by atoms with Gasteiger partial charge < -0.3 is 15.4 Å². The molecule has 10 heteroatoms. The van der Waals surface area contributed by atoms with E-state index in [1.54, 1.807) is 4.90 Å². The molecule has 2 bridgehead atoms. The summed E-state index contributed by atoms with van der Waals surface area (Å²) >= 11 is 3.23. The Morgan fingerprint density at radius 1 is 1.44 bits per heavy atom. The third-order valence-corrected chi connectivity index (χ3v) is 6.96. The Bertz CT molecular complexity index is 773. The number of pyridine rings is 1. The molecule has 1 amide bonds. The number of unbranched alkanes of at least 4 members (excludes halogenated alkanes) is 1. The van der Waals surface area contributed by atoms with Crippen molar-refractivity contribution in [2.45, 2.75) is 43.2 Å². The van der Waals surface area contributed by atoms with Crippen LogP contribution >= 0.6 is 15.9 Å². The first kappa shape index (κ1) is 18.4. The fourth-order valence-corrected chi connectivity index (χ4v) is 5.54. The molecule has 2 aliphatic heterocycles. The van der Waals surface area contributed by atoms with Gasteiger partial charge >= 0.3 is 6.09 Å². The number of nitrogens with zero attached hydrogens (tertiary/aromatic N) is 3. The van der Waals surface area contributed by atoms with Crippen molar-refractivity contribution in [3.8, 4) is 0 Å². The van der Waals surface area contributed by atoms with Gasteiger partial charge in [0.25, 0.3) is 0 Å². The van der Waals surface area contributed by atoms with Crippen molar-refractivity contribution in [2.75, 3.05) is 25.4 Å². The third-order valence-electron chi connectivity index (χ3n) is 4.58. The maximum absolute atomic E-state index is 12.9. The number of amides is 1. The van der Waals surface area contributed by atoms with Gasteiger partial charge in [0.05, 0.1) is 12.6 Å². The van der Waals surface area contributed by atoms with E-state index in [-0.39, 0.29) is 35.4 Å². The van der Waals surface area contributed by atoms with E-state index in [2.05, 4.69) is 20.9 Å². The molecular formula is C15H21BrN4O4S. The van der Waals surface area contributed by atoms with Gasteiger partial charge in [0, 0.05) is 29.8 Å². The summed E-state index contributed by atoms with van der Waals surface area (Å²) in [4.78, 5) is 17.7. The smallest absolute Gasteiger partial charge is 0.410 e. The Hall–Kier alpha value is -1.39. The minimum Gasteiger partial charge on any atom is -0.449 e. The number of nitrogens with two attached hydrogens (primary N) is 1. The first-order valence-corrected chi connectivity index (χ1v) is 10.4. The number of halogens is 1. The SMILES string of the molecule is CCCCOC(=O)N1CC2CC1CN2S(=O)(=O)c1cc(Br)cnc1N. The van der Waals surface area contributed by atoms with Crippen molar-refractivity contribution < 1.29 is 17.9 Å². The van der Waals surface area contributed by atoms with Crippen LogP contribution in [0.2, 0.25) is 0 Å². The van der Waals surface area contributed by atoms with Gasteiger partial charge in [-0.25, -0.2) is 18.2 Å². The van der Waals surface area contributed by atoms with Crippen LogP contribution in [0.25, 0.3) is 0 Å². The first-order valence-electron chi connectivity index (χ1n) is 8.21. The number of carbonyl (C=O) groups excluding carboxylic acids is 1. The topological polar surface area (TPSA) is 106 Å². The second-order valence-electron chi connectivity index (χ2n) is 6.28. The van der Waals surface area contributed by atoms with E-state index in [1.807, 2.05) is 6.92 Å². The lowest BCUT2D eigenvalue weighted by atomic mass is 10.2. The molecule has 1 aromatic heterocycles. The van der Waals surface area contributed by atoms with E-state index < -0.39 is 10.0 Å². The lowest BCUT2D eigenvalue weighted by Gasteiger charge is -2.33. The molecule has 2 saturated heterocycles. The van der Waals surface area contributed by atoms with E-state index in [1.165, 1.54) is 16.6 Å². The van der Waals surface area contributed by atoms with Crippen LogP contribution in [0.3, 0.4) is 0 Å². The number of fused-ring (bicyclic) bond motifs is 2. The second-order valence-corrected chi connectivity index (χ2v) is 9.05. The molecule has 0 saturated carbocycles. The van der Waals surface area contributed by atoms with Crippen molar-refractivity contribution in [2.24, 2.45) is 0 Å². The van der Waals surface area contributed by atoms with Gasteiger partial charge in [-0.05, 0) is 34.8 Å². The van der Waals surface area contributed by atoms with Crippen molar-refractivity contribution in [3.63, 3.8) is 0 Å². The summed E-state index contributed by atoms with van der Waals surface area (Å²) in [7, 11) is -3.76. The van der Waals surface area contributed by atoms with Crippen LogP contribution in [0.15, 0.2) is 21.6 Å². The van der Waals surface area contributed by atoms with Crippen molar-refractivity contribution >= 4 is 37.9 Å². The molecule has 2 unspecified atom stereocenters. The Morgan fingerprint density at radius 3 is 2.84 bits per heavy atom. The standard InChI is InChI=1S/C15H21BrN4O4S/c1-2-3-4-24-15(21)19-8-12-6-11(19)9-20(12)25(22,23)13-5-10(16)7-18-14(13)17/h5,7,11-12H,2-4,6,8-9H2,1H3,(H2,17,18). The number of piperazine rings is 1. The molecule has 0 aromatic carbocycles. The molecule has 2 atom stereocenters. The van der Waals surface area contributed by atoms with Gasteiger partial charge in [-0.2, -0.15) is 4.31 Å². The molecule has 138 valence electrons. The summed E-state index contributed by atoms with van der Waals surface area (Å²) in [6.07, 6.45) is 3.49. The zero-order chi connectivity index (χ0) is 18.2. The maximum Gasteiger partial charge on any atom is 0.410 e. The number of ether oxygens (including phenoxy) is 1. The molecule has 0 radical (unpaired) electrons. The predicted molar refractivity (Wildman–Crippen MR) is 95.4 cm³/mol. The average molecular weight is 433 g/mol. The normalized spacial score (nSPS) is 23.2. The highest BCUT2D eigenvalue weighted by atomic mass is 79.9. The largest absolute Gasteiger partial charge is 0.449 e.